The Kier molecular flexibility index (Phi) is 11.2. The standard InChI is InChI=1S/C22H36O18/c1-7(24)34-4-10-12(26)15(29)17(31)20(37-10)35-5-11-13(27)16(30)18(32)21(38-11)40-22(6-36-8(2)25)19(33)14(28)9(3-23)39-22/h9-21,23,26-33H,3-6H2,1-2H3/t9-,10-,11-,12+,13-,14-,15+,16+,17-,18-,19+,20?,21?,22+/m1/s1. The lowest BCUT2D eigenvalue weighted by Crippen LogP contribution is -2.64. The summed E-state index contributed by atoms with van der Waals surface area (Å²) in [4.78, 5) is 22.5. The number of hydrogen-bond donors (Lipinski definition) is 9. The highest BCUT2D eigenvalue weighted by atomic mass is 16.8. The third-order valence-electron chi connectivity index (χ3n) is 6.69. The van der Waals surface area contributed by atoms with Crippen molar-refractivity contribution in [2.24, 2.45) is 0 Å². The second-order valence-electron chi connectivity index (χ2n) is 9.65. The molecule has 14 atom stereocenters. The first-order valence-corrected chi connectivity index (χ1v) is 12.3. The van der Waals surface area contributed by atoms with E-state index in [0.29, 0.717) is 0 Å². The van der Waals surface area contributed by atoms with Crippen LogP contribution in [0.25, 0.3) is 0 Å². The molecule has 0 aromatic rings. The molecule has 232 valence electrons. The normalized spacial score (nSPS) is 45.7. The zero-order valence-corrected chi connectivity index (χ0v) is 21.5. The van der Waals surface area contributed by atoms with E-state index in [0.717, 1.165) is 13.8 Å². The van der Waals surface area contributed by atoms with Gasteiger partial charge in [0.1, 0.15) is 80.4 Å². The van der Waals surface area contributed by atoms with Gasteiger partial charge in [-0.3, -0.25) is 9.59 Å². The number of carbonyl (C=O) groups is 2. The Labute approximate surface area is 227 Å². The zero-order chi connectivity index (χ0) is 29.9. The third kappa shape index (κ3) is 7.05. The molecule has 3 aliphatic rings. The largest absolute Gasteiger partial charge is 0.463 e. The lowest BCUT2D eigenvalue weighted by atomic mass is 9.98. The van der Waals surface area contributed by atoms with Crippen LogP contribution in [0, 0.1) is 0 Å². The summed E-state index contributed by atoms with van der Waals surface area (Å²) in [6.07, 6.45) is -22.4. The molecule has 0 spiro atoms. The van der Waals surface area contributed by atoms with Crippen LogP contribution in [0.1, 0.15) is 13.8 Å². The SMILES string of the molecule is CC(=O)OC[C@H]1OC(OC[C@H]2OC(O[C@]3(COC(C)=O)O[C@H](CO)[C@@H](O)[C@@H]3O)[C@H](O)[C@@H](O)[C@@H]2O)[C@H](O)[C@@H](O)[C@H]1O. The first-order chi connectivity index (χ1) is 18.7. The van der Waals surface area contributed by atoms with Crippen molar-refractivity contribution in [1.29, 1.82) is 0 Å². The number of ether oxygens (including phenoxy) is 7. The number of hydrogen-bond acceptors (Lipinski definition) is 18. The van der Waals surface area contributed by atoms with E-state index in [1.807, 2.05) is 0 Å². The fraction of sp³-hybridized carbons (Fsp3) is 0.909. The summed E-state index contributed by atoms with van der Waals surface area (Å²) in [5, 5.41) is 92.1. The Balaban J connectivity index is 1.73. The number of carbonyl (C=O) groups excluding carboxylic acids is 2. The van der Waals surface area contributed by atoms with Gasteiger partial charge in [0, 0.05) is 13.8 Å². The van der Waals surface area contributed by atoms with Crippen molar-refractivity contribution in [3.8, 4) is 0 Å². The maximum absolute atomic E-state index is 11.4. The highest BCUT2D eigenvalue weighted by molar-refractivity contribution is 5.66. The minimum Gasteiger partial charge on any atom is -0.463 e. The van der Waals surface area contributed by atoms with E-state index < -0.39 is 124 Å². The molecule has 0 radical (unpaired) electrons. The molecular formula is C22H36O18. The van der Waals surface area contributed by atoms with E-state index in [1.54, 1.807) is 0 Å². The van der Waals surface area contributed by atoms with Crippen LogP contribution < -0.4 is 0 Å². The molecule has 2 unspecified atom stereocenters. The van der Waals surface area contributed by atoms with Gasteiger partial charge in [0.2, 0.25) is 5.79 Å². The van der Waals surface area contributed by atoms with Crippen LogP contribution in [0.2, 0.25) is 0 Å². The van der Waals surface area contributed by atoms with Gasteiger partial charge in [-0.1, -0.05) is 0 Å². The Hall–Kier alpha value is -1.62. The van der Waals surface area contributed by atoms with E-state index in [9.17, 15) is 55.5 Å². The van der Waals surface area contributed by atoms with Gasteiger partial charge in [0.25, 0.3) is 0 Å². The summed E-state index contributed by atoms with van der Waals surface area (Å²) in [6.45, 7) is -0.656. The molecular weight excluding hydrogens is 552 g/mol. The van der Waals surface area contributed by atoms with Gasteiger partial charge in [-0.25, -0.2) is 0 Å². The maximum Gasteiger partial charge on any atom is 0.302 e. The van der Waals surface area contributed by atoms with E-state index in [4.69, 9.17) is 33.2 Å². The van der Waals surface area contributed by atoms with Gasteiger partial charge in [0.05, 0.1) is 13.2 Å². The van der Waals surface area contributed by atoms with Crippen molar-refractivity contribution in [2.75, 3.05) is 26.4 Å². The Morgan fingerprint density at radius 3 is 1.73 bits per heavy atom. The van der Waals surface area contributed by atoms with Crippen LogP contribution in [0.3, 0.4) is 0 Å². The van der Waals surface area contributed by atoms with E-state index in [1.165, 1.54) is 0 Å². The predicted octanol–water partition coefficient (Wildman–Crippen LogP) is -6.43. The summed E-state index contributed by atoms with van der Waals surface area (Å²) in [5.74, 6) is -3.92. The monoisotopic (exact) mass is 588 g/mol. The summed E-state index contributed by atoms with van der Waals surface area (Å²) < 4.78 is 36.9. The lowest BCUT2D eigenvalue weighted by molar-refractivity contribution is -0.388. The van der Waals surface area contributed by atoms with Crippen LogP contribution in [-0.4, -0.2) is 170 Å². The van der Waals surface area contributed by atoms with Crippen molar-refractivity contribution >= 4 is 11.9 Å². The Morgan fingerprint density at radius 1 is 0.675 bits per heavy atom. The molecule has 3 fully saturated rings. The minimum absolute atomic E-state index is 0.489. The maximum atomic E-state index is 11.4. The molecule has 40 heavy (non-hydrogen) atoms. The Bertz CT molecular complexity index is 860. The molecule has 0 amide bonds. The highest BCUT2D eigenvalue weighted by Gasteiger charge is 2.59. The molecule has 3 saturated heterocycles. The minimum atomic E-state index is -2.38. The van der Waals surface area contributed by atoms with Gasteiger partial charge in [0.15, 0.2) is 12.6 Å². The van der Waals surface area contributed by atoms with Crippen molar-refractivity contribution < 1.29 is 88.7 Å². The van der Waals surface area contributed by atoms with E-state index in [-0.39, 0.29) is 0 Å². The quantitative estimate of drug-likeness (QED) is 0.107. The molecule has 18 nitrogen and oxygen atoms in total. The Morgan fingerprint density at radius 2 is 1.20 bits per heavy atom. The lowest BCUT2D eigenvalue weighted by Gasteiger charge is -2.44. The molecule has 0 aromatic heterocycles. The molecule has 3 aliphatic heterocycles. The van der Waals surface area contributed by atoms with Crippen LogP contribution in [0.15, 0.2) is 0 Å². The fourth-order valence-corrected chi connectivity index (χ4v) is 4.39. The van der Waals surface area contributed by atoms with Crippen LogP contribution in [0.4, 0.5) is 0 Å². The molecule has 18 heteroatoms. The second kappa shape index (κ2) is 13.6. The summed E-state index contributed by atoms with van der Waals surface area (Å²) in [7, 11) is 0. The molecule has 3 heterocycles. The third-order valence-corrected chi connectivity index (χ3v) is 6.69. The van der Waals surface area contributed by atoms with Crippen LogP contribution in [-0.2, 0) is 42.7 Å². The molecule has 9 N–H and O–H groups in total. The van der Waals surface area contributed by atoms with Gasteiger partial charge in [-0.15, -0.1) is 0 Å². The second-order valence-corrected chi connectivity index (χ2v) is 9.65. The van der Waals surface area contributed by atoms with E-state index >= 15 is 0 Å². The van der Waals surface area contributed by atoms with Crippen molar-refractivity contribution in [3.05, 3.63) is 0 Å². The van der Waals surface area contributed by atoms with Gasteiger partial charge >= 0.3 is 11.9 Å². The van der Waals surface area contributed by atoms with Gasteiger partial charge < -0.3 is 79.1 Å². The number of rotatable bonds is 10. The van der Waals surface area contributed by atoms with Crippen LogP contribution >= 0.6 is 0 Å². The molecule has 0 saturated carbocycles. The average molecular weight is 589 g/mol. The smallest absolute Gasteiger partial charge is 0.302 e. The van der Waals surface area contributed by atoms with Crippen molar-refractivity contribution in [1.82, 2.24) is 0 Å². The predicted molar refractivity (Wildman–Crippen MR) is 120 cm³/mol. The highest BCUT2D eigenvalue weighted by Crippen LogP contribution is 2.37. The fourth-order valence-electron chi connectivity index (χ4n) is 4.39. The molecule has 0 aromatic carbocycles. The van der Waals surface area contributed by atoms with Gasteiger partial charge in [-0.05, 0) is 0 Å². The summed E-state index contributed by atoms with van der Waals surface area (Å²) in [6, 6.07) is 0. The number of esters is 2. The number of aliphatic hydroxyl groups is 9. The van der Waals surface area contributed by atoms with Crippen molar-refractivity contribution in [2.45, 2.75) is 99.4 Å². The molecule has 3 rings (SSSR count). The van der Waals surface area contributed by atoms with E-state index in [2.05, 4.69) is 0 Å². The summed E-state index contributed by atoms with van der Waals surface area (Å²) >= 11 is 0. The first-order valence-electron chi connectivity index (χ1n) is 12.3. The first kappa shape index (κ1) is 32.9. The summed E-state index contributed by atoms with van der Waals surface area (Å²) in [5.41, 5.74) is 0. The van der Waals surface area contributed by atoms with Crippen molar-refractivity contribution in [3.63, 3.8) is 0 Å². The topological polar surface area (TPSA) is 281 Å². The zero-order valence-electron chi connectivity index (χ0n) is 21.5. The van der Waals surface area contributed by atoms with Gasteiger partial charge in [-0.2, -0.15) is 0 Å². The number of aliphatic hydroxyl groups excluding tert-OH is 9. The van der Waals surface area contributed by atoms with Crippen LogP contribution in [0.5, 0.6) is 0 Å². The molecule has 0 aliphatic carbocycles. The molecule has 0 bridgehead atoms. The average Bonchev–Trinajstić information content (AvgIpc) is 3.15.